The van der Waals surface area contributed by atoms with Gasteiger partial charge in [-0.2, -0.15) is 0 Å². The highest BCUT2D eigenvalue weighted by molar-refractivity contribution is 7.15. The monoisotopic (exact) mass is 512 g/mol. The van der Waals surface area contributed by atoms with E-state index < -0.39 is 0 Å². The van der Waals surface area contributed by atoms with Gasteiger partial charge in [0.1, 0.15) is 16.9 Å². The van der Waals surface area contributed by atoms with Crippen molar-refractivity contribution in [2.45, 2.75) is 6.92 Å². The zero-order valence-electron chi connectivity index (χ0n) is 20.9. The summed E-state index contributed by atoms with van der Waals surface area (Å²) in [5.41, 5.74) is 4.71. The van der Waals surface area contributed by atoms with Crippen molar-refractivity contribution in [1.82, 2.24) is 34.7 Å². The number of aromatic nitrogens is 5. The van der Waals surface area contributed by atoms with E-state index in [1.165, 1.54) is 0 Å². The first-order chi connectivity index (χ1) is 18.0. The maximum Gasteiger partial charge on any atom is 0.273 e. The topological polar surface area (TPSA) is 103 Å². The molecule has 2 N–H and O–H groups in total. The number of likely N-dealkylation sites (N-methyl/N-ethyl adjacent to an activating group) is 1. The van der Waals surface area contributed by atoms with Crippen LogP contribution in [0.15, 0.2) is 53.6 Å². The number of piperazine rings is 1. The lowest BCUT2D eigenvalue weighted by atomic mass is 10.1. The Labute approximate surface area is 218 Å². The number of nitrogens with one attached hydrogen (secondary N) is 2. The van der Waals surface area contributed by atoms with Crippen LogP contribution in [0.5, 0.6) is 0 Å². The van der Waals surface area contributed by atoms with Gasteiger partial charge in [-0.1, -0.05) is 12.1 Å². The summed E-state index contributed by atoms with van der Waals surface area (Å²) in [5.74, 6) is 0. The lowest BCUT2D eigenvalue weighted by molar-refractivity contribution is 0.158. The molecule has 37 heavy (non-hydrogen) atoms. The van der Waals surface area contributed by atoms with Crippen LogP contribution in [0.1, 0.15) is 5.01 Å². The van der Waals surface area contributed by atoms with Crippen LogP contribution in [0.25, 0.3) is 43.9 Å². The van der Waals surface area contributed by atoms with Gasteiger partial charge >= 0.3 is 0 Å². The predicted molar refractivity (Wildman–Crippen MR) is 149 cm³/mol. The number of aromatic amines is 1. The van der Waals surface area contributed by atoms with Crippen LogP contribution in [-0.4, -0.2) is 81.0 Å². The van der Waals surface area contributed by atoms with Crippen LogP contribution < -0.4 is 10.9 Å². The Balaban J connectivity index is 1.37. The van der Waals surface area contributed by atoms with Gasteiger partial charge in [0, 0.05) is 62.6 Å². The average Bonchev–Trinajstić information content (AvgIpc) is 3.35. The molecular weight excluding hydrogens is 484 g/mol. The summed E-state index contributed by atoms with van der Waals surface area (Å²) in [4.78, 5) is 40.2. The van der Waals surface area contributed by atoms with Gasteiger partial charge in [0.2, 0.25) is 0 Å². The molecule has 1 saturated heterocycles. The highest BCUT2D eigenvalue weighted by Gasteiger charge is 2.18. The van der Waals surface area contributed by atoms with Crippen molar-refractivity contribution in [3.63, 3.8) is 0 Å². The van der Waals surface area contributed by atoms with E-state index in [9.17, 15) is 4.79 Å². The summed E-state index contributed by atoms with van der Waals surface area (Å²) in [6.45, 7) is 7.77. The maximum absolute atomic E-state index is 12.9. The largest absolute Gasteiger partial charge is 0.379 e. The predicted octanol–water partition coefficient (Wildman–Crippen LogP) is 3.62. The first-order valence-corrected chi connectivity index (χ1v) is 13.2. The number of anilines is 1. The van der Waals surface area contributed by atoms with E-state index in [0.717, 1.165) is 64.8 Å². The Hall–Kier alpha value is -3.73. The van der Waals surface area contributed by atoms with Crippen LogP contribution in [-0.2, 0) is 0 Å². The molecule has 188 valence electrons. The molecule has 4 aromatic heterocycles. The molecule has 1 fully saturated rings. The summed E-state index contributed by atoms with van der Waals surface area (Å²) in [6.07, 6.45) is 3.60. The minimum absolute atomic E-state index is 0.198. The summed E-state index contributed by atoms with van der Waals surface area (Å²) in [6, 6.07) is 11.9. The fourth-order valence-corrected chi connectivity index (χ4v) is 5.40. The minimum atomic E-state index is -0.198. The quantitative estimate of drug-likeness (QED) is 0.356. The molecule has 0 radical (unpaired) electrons. The van der Waals surface area contributed by atoms with Gasteiger partial charge in [-0.25, -0.2) is 15.0 Å². The smallest absolute Gasteiger partial charge is 0.273 e. The third-order valence-corrected chi connectivity index (χ3v) is 7.67. The molecule has 1 aliphatic rings. The third-order valence-electron chi connectivity index (χ3n) is 6.75. The van der Waals surface area contributed by atoms with E-state index in [-0.39, 0.29) is 5.56 Å². The summed E-state index contributed by atoms with van der Waals surface area (Å²) < 4.78 is 0. The third kappa shape index (κ3) is 4.95. The maximum atomic E-state index is 12.9. The summed E-state index contributed by atoms with van der Waals surface area (Å²) >= 11 is 1.56. The molecule has 0 unspecified atom stereocenters. The van der Waals surface area contributed by atoms with Crippen LogP contribution in [0, 0.1) is 6.92 Å². The van der Waals surface area contributed by atoms with Crippen molar-refractivity contribution in [1.29, 1.82) is 0 Å². The highest BCUT2D eigenvalue weighted by Crippen LogP contribution is 2.34. The van der Waals surface area contributed by atoms with Crippen LogP contribution in [0.2, 0.25) is 0 Å². The molecule has 0 amide bonds. The Bertz CT molecular complexity index is 1640. The van der Waals surface area contributed by atoms with Gasteiger partial charge in [-0.15, -0.1) is 11.3 Å². The van der Waals surface area contributed by atoms with Crippen LogP contribution in [0.3, 0.4) is 0 Å². The zero-order chi connectivity index (χ0) is 25.4. The number of aryl methyl sites for hydroxylation is 1. The molecule has 0 bridgehead atoms. The van der Waals surface area contributed by atoms with Gasteiger partial charge in [0.05, 0.1) is 21.1 Å². The SMILES string of the molecule is Cc1ncc(-c2nc3[nH]c(=O)c(NCCN4CCN(C)CC4)cc3nc2-c2ccc3ncccc3c2)s1. The standard InChI is InChI=1S/C27H28N8OS/c1-17-30-16-23(37-17)25-24(19-5-6-20-18(14-19)4-3-7-28-20)31-21-15-22(27(36)33-26(21)32-25)29-8-9-35-12-10-34(2)11-13-35/h3-7,14-16,29H,8-13H2,1-2H3,(H,32,33,36). The van der Waals surface area contributed by atoms with E-state index in [2.05, 4.69) is 43.2 Å². The van der Waals surface area contributed by atoms with E-state index >= 15 is 0 Å². The molecule has 0 saturated carbocycles. The number of benzene rings is 1. The molecule has 1 aromatic carbocycles. The number of hydrogen-bond donors (Lipinski definition) is 2. The van der Waals surface area contributed by atoms with Crippen molar-refractivity contribution >= 4 is 39.1 Å². The van der Waals surface area contributed by atoms with Gasteiger partial charge in [0.25, 0.3) is 5.56 Å². The van der Waals surface area contributed by atoms with Gasteiger partial charge in [-0.3, -0.25) is 14.7 Å². The Morgan fingerprint density at radius 1 is 1.03 bits per heavy atom. The molecule has 0 spiro atoms. The van der Waals surface area contributed by atoms with E-state index in [4.69, 9.17) is 9.97 Å². The van der Waals surface area contributed by atoms with Crippen molar-refractivity contribution in [2.24, 2.45) is 0 Å². The second-order valence-electron chi connectivity index (χ2n) is 9.39. The molecule has 10 heteroatoms. The highest BCUT2D eigenvalue weighted by atomic mass is 32.1. The number of nitrogens with zero attached hydrogens (tertiary/aromatic N) is 6. The number of fused-ring (bicyclic) bond motifs is 2. The minimum Gasteiger partial charge on any atom is -0.379 e. The molecule has 5 aromatic rings. The fraction of sp³-hybridized carbons (Fsp3) is 0.296. The van der Waals surface area contributed by atoms with Crippen molar-refractivity contribution in [3.05, 3.63) is 64.2 Å². The summed E-state index contributed by atoms with van der Waals surface area (Å²) in [7, 11) is 2.15. The first kappa shape index (κ1) is 23.7. The van der Waals surface area contributed by atoms with Crippen LogP contribution >= 0.6 is 11.3 Å². The lowest BCUT2D eigenvalue weighted by Crippen LogP contribution is -2.45. The molecule has 0 aliphatic carbocycles. The molecule has 9 nitrogen and oxygen atoms in total. The first-order valence-electron chi connectivity index (χ1n) is 12.4. The number of pyridine rings is 2. The van der Waals surface area contributed by atoms with E-state index in [1.54, 1.807) is 23.6 Å². The van der Waals surface area contributed by atoms with Crippen molar-refractivity contribution in [2.75, 3.05) is 51.6 Å². The molecule has 0 atom stereocenters. The van der Waals surface area contributed by atoms with Gasteiger partial charge in [0.15, 0.2) is 5.65 Å². The van der Waals surface area contributed by atoms with E-state index in [0.29, 0.717) is 29.1 Å². The Kier molecular flexibility index (Phi) is 6.37. The van der Waals surface area contributed by atoms with Crippen LogP contribution in [0.4, 0.5) is 5.69 Å². The lowest BCUT2D eigenvalue weighted by Gasteiger charge is -2.32. The average molecular weight is 513 g/mol. The zero-order valence-corrected chi connectivity index (χ0v) is 21.7. The van der Waals surface area contributed by atoms with Gasteiger partial charge in [-0.05, 0) is 38.2 Å². The van der Waals surface area contributed by atoms with Crippen molar-refractivity contribution < 1.29 is 0 Å². The normalized spacial score (nSPS) is 15.0. The molecular formula is C27H28N8OS. The van der Waals surface area contributed by atoms with Gasteiger partial charge < -0.3 is 15.2 Å². The molecule has 5 heterocycles. The second-order valence-corrected chi connectivity index (χ2v) is 10.6. The number of hydrogen-bond acceptors (Lipinski definition) is 9. The number of thiazole rings is 1. The second kappa shape index (κ2) is 9.97. The Morgan fingerprint density at radius 2 is 1.89 bits per heavy atom. The molecule has 1 aliphatic heterocycles. The van der Waals surface area contributed by atoms with E-state index in [1.807, 2.05) is 37.4 Å². The fourth-order valence-electron chi connectivity index (χ4n) is 4.64. The Morgan fingerprint density at radius 3 is 2.70 bits per heavy atom. The number of rotatable bonds is 6. The summed E-state index contributed by atoms with van der Waals surface area (Å²) in [5, 5.41) is 5.29. The van der Waals surface area contributed by atoms with Crippen molar-refractivity contribution in [3.8, 4) is 21.8 Å². The molecule has 6 rings (SSSR count). The number of H-pyrrole nitrogens is 1.